The van der Waals surface area contributed by atoms with Crippen LogP contribution in [0.1, 0.15) is 43.2 Å². The summed E-state index contributed by atoms with van der Waals surface area (Å²) >= 11 is 0. The average Bonchev–Trinajstić information content (AvgIpc) is 3.65. The van der Waals surface area contributed by atoms with Gasteiger partial charge in [0.05, 0.1) is 16.7 Å². The van der Waals surface area contributed by atoms with E-state index in [0.717, 1.165) is 40.4 Å². The number of hydrogen-bond acceptors (Lipinski definition) is 2. The molecule has 4 fully saturated rings. The Kier molecular flexibility index (Phi) is 7.79. The first-order valence-electron chi connectivity index (χ1n) is 22.3. The van der Waals surface area contributed by atoms with Crippen molar-refractivity contribution in [2.45, 2.75) is 37.5 Å². The van der Waals surface area contributed by atoms with Gasteiger partial charge in [0, 0.05) is 56.0 Å². The molecule has 2 heterocycles. The summed E-state index contributed by atoms with van der Waals surface area (Å²) in [6.07, 6.45) is 6.81. The van der Waals surface area contributed by atoms with Crippen molar-refractivity contribution in [2.75, 3.05) is 4.90 Å². The van der Waals surface area contributed by atoms with Gasteiger partial charge in [0.15, 0.2) is 0 Å². The fraction of sp³-hybridized carbons (Fsp3) is 0.172. The molecule has 0 N–H and O–H groups in total. The van der Waals surface area contributed by atoms with Gasteiger partial charge in [0.2, 0.25) is 0 Å². The highest BCUT2D eigenvalue weighted by Crippen LogP contribution is 2.69. The summed E-state index contributed by atoms with van der Waals surface area (Å²) in [4.78, 5) is 2.41. The van der Waals surface area contributed by atoms with Crippen molar-refractivity contribution < 1.29 is 4.74 Å². The van der Waals surface area contributed by atoms with Crippen LogP contribution in [0.3, 0.4) is 0 Å². The molecule has 61 heavy (non-hydrogen) atoms. The Morgan fingerprint density at radius 3 is 1.64 bits per heavy atom. The predicted octanol–water partition coefficient (Wildman–Crippen LogP) is 15.4. The molecule has 3 nitrogen and oxygen atoms in total. The van der Waals surface area contributed by atoms with Crippen LogP contribution in [-0.4, -0.2) is 4.57 Å². The molecule has 4 saturated carbocycles. The van der Waals surface area contributed by atoms with Crippen molar-refractivity contribution in [3.05, 3.63) is 205 Å². The van der Waals surface area contributed by atoms with Gasteiger partial charge in [-0.05, 0) is 127 Å². The number of nitrogens with zero attached hydrogens (tertiary/aromatic N) is 2. The van der Waals surface area contributed by atoms with Crippen LogP contribution >= 0.6 is 0 Å². The van der Waals surface area contributed by atoms with E-state index in [1.165, 1.54) is 93.0 Å². The number of rotatable bonds is 6. The van der Waals surface area contributed by atoms with Crippen LogP contribution in [0.2, 0.25) is 0 Å². The Morgan fingerprint density at radius 1 is 0.426 bits per heavy atom. The van der Waals surface area contributed by atoms with Gasteiger partial charge >= 0.3 is 0 Å². The third kappa shape index (κ3) is 5.29. The molecule has 1 aliphatic heterocycles. The largest absolute Gasteiger partial charge is 0.457 e. The lowest BCUT2D eigenvalue weighted by Crippen LogP contribution is -2.56. The van der Waals surface area contributed by atoms with E-state index >= 15 is 0 Å². The molecule has 9 aromatic rings. The van der Waals surface area contributed by atoms with Gasteiger partial charge in [0.1, 0.15) is 11.5 Å². The minimum Gasteiger partial charge on any atom is -0.457 e. The Bertz CT molecular complexity index is 3040. The molecule has 0 amide bonds. The monoisotopic (exact) mass is 786 g/mol. The van der Waals surface area contributed by atoms with Crippen molar-refractivity contribution in [3.8, 4) is 39.4 Å². The molecule has 4 bridgehead atoms. The molecular weight excluding hydrogens is 741 g/mol. The summed E-state index contributed by atoms with van der Waals surface area (Å²) in [5.74, 6) is 5.17. The zero-order valence-electron chi connectivity index (χ0n) is 34.1. The molecule has 14 rings (SSSR count). The molecule has 5 aliphatic rings. The Balaban J connectivity index is 0.939. The SMILES string of the molecule is c1ccc(-c2ccc(N(c3ccc(-c4ccccc4-n4c5ccccc5c5ccccc54)cc3)c3ccc4c(c3)Oc3ccccc3C43C4CC5CC(C4)CC3C5)cc2)cc1. The van der Waals surface area contributed by atoms with Gasteiger partial charge in [-0.25, -0.2) is 0 Å². The first kappa shape index (κ1) is 35.0. The number of anilines is 3. The Morgan fingerprint density at radius 2 is 0.951 bits per heavy atom. The maximum atomic E-state index is 7.01. The number of aromatic nitrogens is 1. The molecule has 294 valence electrons. The molecule has 3 heteroatoms. The third-order valence-electron chi connectivity index (χ3n) is 15.0. The Hall–Kier alpha value is -6.84. The molecule has 0 radical (unpaired) electrons. The van der Waals surface area contributed by atoms with Gasteiger partial charge in [-0.2, -0.15) is 0 Å². The van der Waals surface area contributed by atoms with E-state index in [4.69, 9.17) is 4.74 Å². The van der Waals surface area contributed by atoms with Crippen molar-refractivity contribution in [1.82, 2.24) is 4.57 Å². The van der Waals surface area contributed by atoms with Gasteiger partial charge in [0.25, 0.3) is 0 Å². The lowest BCUT2D eigenvalue weighted by molar-refractivity contribution is -0.0452. The zero-order valence-corrected chi connectivity index (χ0v) is 34.1. The highest BCUT2D eigenvalue weighted by Gasteiger charge is 2.61. The standard InChI is InChI=1S/C58H46N2O/c1-2-12-40(13-3-1)41-22-26-45(27-23-41)59(47-30-31-52-57(37-47)61-56-21-11-7-17-51(56)58(52)43-33-38-32-39(35-43)36-44(58)34-38)46-28-24-42(25-29-46)48-14-4-8-18-53(48)60-54-19-9-5-15-49(54)50-16-6-10-20-55(50)60/h1-31,37-39,43-44H,32-36H2. The summed E-state index contributed by atoms with van der Waals surface area (Å²) in [6, 6.07) is 71.3. The number of ether oxygens (including phenoxy) is 1. The molecular formula is C58H46N2O. The number of benzene rings is 8. The van der Waals surface area contributed by atoms with Gasteiger partial charge in [-0.15, -0.1) is 0 Å². The first-order chi connectivity index (χ1) is 30.2. The lowest BCUT2D eigenvalue weighted by Gasteiger charge is -2.63. The highest BCUT2D eigenvalue weighted by atomic mass is 16.5. The minimum absolute atomic E-state index is 0.0176. The van der Waals surface area contributed by atoms with Crippen LogP contribution in [-0.2, 0) is 5.41 Å². The van der Waals surface area contributed by atoms with Crippen LogP contribution < -0.4 is 9.64 Å². The number of hydrogen-bond donors (Lipinski definition) is 0. The number of fused-ring (bicyclic) bond motifs is 5. The smallest absolute Gasteiger partial charge is 0.133 e. The van der Waals surface area contributed by atoms with Crippen molar-refractivity contribution in [2.24, 2.45) is 23.7 Å². The van der Waals surface area contributed by atoms with E-state index in [-0.39, 0.29) is 5.41 Å². The van der Waals surface area contributed by atoms with E-state index in [9.17, 15) is 0 Å². The summed E-state index contributed by atoms with van der Waals surface area (Å²) in [5, 5.41) is 2.54. The van der Waals surface area contributed by atoms with Crippen LogP contribution in [0.4, 0.5) is 17.1 Å². The highest BCUT2D eigenvalue weighted by molar-refractivity contribution is 6.09. The minimum atomic E-state index is 0.0176. The van der Waals surface area contributed by atoms with Crippen molar-refractivity contribution >= 4 is 38.9 Å². The predicted molar refractivity (Wildman–Crippen MR) is 251 cm³/mol. The van der Waals surface area contributed by atoms with Gasteiger partial charge < -0.3 is 14.2 Å². The topological polar surface area (TPSA) is 17.4 Å². The Labute approximate surface area is 357 Å². The third-order valence-corrected chi connectivity index (χ3v) is 15.0. The van der Waals surface area contributed by atoms with Crippen LogP contribution in [0, 0.1) is 23.7 Å². The normalized spacial score (nSPS) is 22.0. The second-order valence-corrected chi connectivity index (χ2v) is 18.1. The van der Waals surface area contributed by atoms with Crippen LogP contribution in [0.5, 0.6) is 11.5 Å². The second-order valence-electron chi connectivity index (χ2n) is 18.1. The van der Waals surface area contributed by atoms with E-state index in [2.05, 4.69) is 204 Å². The molecule has 1 aromatic heterocycles. The molecule has 1 spiro atoms. The van der Waals surface area contributed by atoms with Gasteiger partial charge in [-0.1, -0.05) is 133 Å². The fourth-order valence-corrected chi connectivity index (χ4v) is 12.8. The van der Waals surface area contributed by atoms with E-state index in [1.54, 1.807) is 0 Å². The second kappa shape index (κ2) is 13.6. The first-order valence-corrected chi connectivity index (χ1v) is 22.3. The summed E-state index contributed by atoms with van der Waals surface area (Å²) in [5.41, 5.74) is 14.6. The summed E-state index contributed by atoms with van der Waals surface area (Å²) in [7, 11) is 0. The summed E-state index contributed by atoms with van der Waals surface area (Å²) in [6.45, 7) is 0. The summed E-state index contributed by atoms with van der Waals surface area (Å²) < 4.78 is 9.43. The fourth-order valence-electron chi connectivity index (χ4n) is 12.8. The molecule has 0 unspecified atom stereocenters. The number of para-hydroxylation sites is 4. The van der Waals surface area contributed by atoms with E-state index < -0.39 is 0 Å². The maximum absolute atomic E-state index is 7.01. The molecule has 4 aliphatic carbocycles. The average molecular weight is 787 g/mol. The molecule has 0 atom stereocenters. The molecule has 8 aromatic carbocycles. The van der Waals surface area contributed by atoms with E-state index in [0.29, 0.717) is 11.8 Å². The zero-order chi connectivity index (χ0) is 40.1. The molecule has 0 saturated heterocycles. The van der Waals surface area contributed by atoms with Crippen LogP contribution in [0.25, 0.3) is 49.7 Å². The lowest BCUT2D eigenvalue weighted by atomic mass is 9.42. The quantitative estimate of drug-likeness (QED) is 0.167. The van der Waals surface area contributed by atoms with Crippen molar-refractivity contribution in [1.29, 1.82) is 0 Å². The van der Waals surface area contributed by atoms with Crippen LogP contribution in [0.15, 0.2) is 194 Å². The maximum Gasteiger partial charge on any atom is 0.133 e. The van der Waals surface area contributed by atoms with Gasteiger partial charge in [-0.3, -0.25) is 0 Å². The van der Waals surface area contributed by atoms with Crippen molar-refractivity contribution in [3.63, 3.8) is 0 Å². The van der Waals surface area contributed by atoms with E-state index in [1.807, 2.05) is 0 Å².